The maximum absolute atomic E-state index is 3.37. The molecule has 2 fully saturated rings. The number of nitrogens with one attached hydrogen (secondary N) is 1. The summed E-state index contributed by atoms with van der Waals surface area (Å²) in [6.45, 7) is 5.15. The minimum absolute atomic E-state index is 0. The van der Waals surface area contributed by atoms with Crippen molar-refractivity contribution in [3.05, 3.63) is 0 Å². The van der Waals surface area contributed by atoms with E-state index in [0.717, 1.165) is 0 Å². The van der Waals surface area contributed by atoms with Crippen molar-refractivity contribution in [3.63, 3.8) is 0 Å². The summed E-state index contributed by atoms with van der Waals surface area (Å²) in [5.41, 5.74) is 0.688. The van der Waals surface area contributed by atoms with Crippen molar-refractivity contribution < 1.29 is 0 Å². The molecular formula is C8H17ClN2. The third-order valence-electron chi connectivity index (χ3n) is 2.85. The lowest BCUT2D eigenvalue weighted by Crippen LogP contribution is -2.60. The lowest BCUT2D eigenvalue weighted by atomic mass is 9.75. The van der Waals surface area contributed by atoms with Crippen molar-refractivity contribution in [2.24, 2.45) is 5.41 Å². The van der Waals surface area contributed by atoms with Crippen molar-refractivity contribution in [2.75, 3.05) is 33.2 Å². The molecule has 0 aliphatic carbocycles. The number of hydrogen-bond acceptors (Lipinski definition) is 2. The standard InChI is InChI=1S/C8H16N2.ClH/c1-10-4-2-3-8(7-10)5-9-6-8;/h9H,2-7H2,1H3;1H. The van der Waals surface area contributed by atoms with Gasteiger partial charge in [-0.15, -0.1) is 12.4 Å². The van der Waals surface area contributed by atoms with Gasteiger partial charge in [-0.05, 0) is 26.4 Å². The molecule has 0 unspecified atom stereocenters. The lowest BCUT2D eigenvalue weighted by molar-refractivity contribution is 0.0558. The Balaban J connectivity index is 0.000000605. The van der Waals surface area contributed by atoms with E-state index in [1.165, 1.54) is 39.0 Å². The molecule has 1 N–H and O–H groups in total. The van der Waals surface area contributed by atoms with Gasteiger partial charge in [-0.1, -0.05) is 0 Å². The Hall–Kier alpha value is 0.210. The highest BCUT2D eigenvalue weighted by molar-refractivity contribution is 5.85. The van der Waals surface area contributed by atoms with Crippen LogP contribution >= 0.6 is 12.4 Å². The van der Waals surface area contributed by atoms with E-state index in [2.05, 4.69) is 17.3 Å². The summed E-state index contributed by atoms with van der Waals surface area (Å²) in [6, 6.07) is 0. The first kappa shape index (κ1) is 9.30. The highest BCUT2D eigenvalue weighted by Crippen LogP contribution is 2.32. The van der Waals surface area contributed by atoms with E-state index in [0.29, 0.717) is 5.41 Å². The molecule has 0 bridgehead atoms. The van der Waals surface area contributed by atoms with Crippen molar-refractivity contribution in [1.82, 2.24) is 10.2 Å². The summed E-state index contributed by atoms with van der Waals surface area (Å²) in [6.07, 6.45) is 2.85. The van der Waals surface area contributed by atoms with E-state index in [4.69, 9.17) is 0 Å². The van der Waals surface area contributed by atoms with E-state index >= 15 is 0 Å². The zero-order valence-corrected chi connectivity index (χ0v) is 7.91. The second-order valence-corrected chi connectivity index (χ2v) is 3.94. The lowest BCUT2D eigenvalue weighted by Gasteiger charge is -2.48. The Morgan fingerprint density at radius 2 is 2.09 bits per heavy atom. The molecule has 0 aromatic heterocycles. The van der Waals surface area contributed by atoms with E-state index in [-0.39, 0.29) is 12.4 Å². The molecular weight excluding hydrogens is 160 g/mol. The fraction of sp³-hybridized carbons (Fsp3) is 1.00. The third-order valence-corrected chi connectivity index (χ3v) is 2.85. The van der Waals surface area contributed by atoms with Crippen LogP contribution in [-0.2, 0) is 0 Å². The van der Waals surface area contributed by atoms with Gasteiger partial charge in [0, 0.05) is 25.0 Å². The fourth-order valence-corrected chi connectivity index (χ4v) is 2.22. The van der Waals surface area contributed by atoms with Crippen LogP contribution in [0.1, 0.15) is 12.8 Å². The van der Waals surface area contributed by atoms with Crippen molar-refractivity contribution >= 4 is 12.4 Å². The molecule has 1 spiro atoms. The largest absolute Gasteiger partial charge is 0.315 e. The van der Waals surface area contributed by atoms with Gasteiger partial charge in [-0.2, -0.15) is 0 Å². The number of rotatable bonds is 0. The highest BCUT2D eigenvalue weighted by Gasteiger charge is 2.39. The van der Waals surface area contributed by atoms with Crippen LogP contribution in [0.15, 0.2) is 0 Å². The van der Waals surface area contributed by atoms with E-state index in [1.807, 2.05) is 0 Å². The Morgan fingerprint density at radius 1 is 1.36 bits per heavy atom. The van der Waals surface area contributed by atoms with Gasteiger partial charge in [-0.25, -0.2) is 0 Å². The first-order valence-corrected chi connectivity index (χ1v) is 4.20. The second kappa shape index (κ2) is 3.30. The highest BCUT2D eigenvalue weighted by atomic mass is 35.5. The summed E-state index contributed by atoms with van der Waals surface area (Å²) < 4.78 is 0. The van der Waals surface area contributed by atoms with Crippen LogP contribution in [0, 0.1) is 5.41 Å². The van der Waals surface area contributed by atoms with Crippen LogP contribution in [0.25, 0.3) is 0 Å². The Bertz CT molecular complexity index is 134. The van der Waals surface area contributed by atoms with Gasteiger partial charge in [0.25, 0.3) is 0 Å². The molecule has 2 aliphatic rings. The van der Waals surface area contributed by atoms with Crippen LogP contribution in [-0.4, -0.2) is 38.1 Å². The topological polar surface area (TPSA) is 15.3 Å². The van der Waals surface area contributed by atoms with Crippen LogP contribution in [0.4, 0.5) is 0 Å². The summed E-state index contributed by atoms with van der Waals surface area (Å²) >= 11 is 0. The zero-order chi connectivity index (χ0) is 7.03. The molecule has 2 heterocycles. The summed E-state index contributed by atoms with van der Waals surface area (Å²) in [4.78, 5) is 2.46. The quantitative estimate of drug-likeness (QED) is 0.586. The van der Waals surface area contributed by atoms with Crippen molar-refractivity contribution in [1.29, 1.82) is 0 Å². The van der Waals surface area contributed by atoms with Crippen molar-refractivity contribution in [2.45, 2.75) is 12.8 Å². The van der Waals surface area contributed by atoms with Gasteiger partial charge < -0.3 is 10.2 Å². The Kier molecular flexibility index (Phi) is 2.79. The number of hydrogen-bond donors (Lipinski definition) is 1. The van der Waals surface area contributed by atoms with Gasteiger partial charge in [0.1, 0.15) is 0 Å². The molecule has 66 valence electrons. The first-order valence-electron chi connectivity index (χ1n) is 4.20. The predicted octanol–water partition coefficient (Wildman–Crippen LogP) is 0.723. The summed E-state index contributed by atoms with van der Waals surface area (Å²) in [5.74, 6) is 0. The average molecular weight is 177 g/mol. The number of likely N-dealkylation sites (tertiary alicyclic amines) is 1. The normalized spacial score (nSPS) is 29.2. The SMILES string of the molecule is CN1CCCC2(CNC2)C1.Cl. The predicted molar refractivity (Wildman–Crippen MR) is 49.3 cm³/mol. The van der Waals surface area contributed by atoms with Gasteiger partial charge in [0.2, 0.25) is 0 Å². The maximum atomic E-state index is 3.37. The van der Waals surface area contributed by atoms with E-state index in [1.54, 1.807) is 0 Å². The second-order valence-electron chi connectivity index (χ2n) is 3.94. The third kappa shape index (κ3) is 1.68. The molecule has 2 nitrogen and oxygen atoms in total. The molecule has 0 atom stereocenters. The minimum atomic E-state index is 0. The first-order chi connectivity index (χ1) is 4.81. The maximum Gasteiger partial charge on any atom is 0.00801 e. The molecule has 0 amide bonds. The van der Waals surface area contributed by atoms with Crippen molar-refractivity contribution in [3.8, 4) is 0 Å². The molecule has 0 radical (unpaired) electrons. The van der Waals surface area contributed by atoms with Gasteiger partial charge in [-0.3, -0.25) is 0 Å². The molecule has 11 heavy (non-hydrogen) atoms. The van der Waals surface area contributed by atoms with Crippen LogP contribution in [0.5, 0.6) is 0 Å². The molecule has 2 saturated heterocycles. The fourth-order valence-electron chi connectivity index (χ4n) is 2.22. The molecule has 3 heteroatoms. The smallest absolute Gasteiger partial charge is 0.00801 e. The monoisotopic (exact) mass is 176 g/mol. The van der Waals surface area contributed by atoms with Gasteiger partial charge >= 0.3 is 0 Å². The average Bonchev–Trinajstić information content (AvgIpc) is 1.85. The minimum Gasteiger partial charge on any atom is -0.315 e. The molecule has 0 aromatic carbocycles. The van der Waals surface area contributed by atoms with Crippen LogP contribution < -0.4 is 5.32 Å². The molecule has 0 saturated carbocycles. The summed E-state index contributed by atoms with van der Waals surface area (Å²) in [7, 11) is 2.24. The number of piperidine rings is 1. The molecule has 2 aliphatic heterocycles. The van der Waals surface area contributed by atoms with Gasteiger partial charge in [0.15, 0.2) is 0 Å². The zero-order valence-electron chi connectivity index (χ0n) is 7.10. The van der Waals surface area contributed by atoms with E-state index < -0.39 is 0 Å². The molecule has 0 aromatic rings. The summed E-state index contributed by atoms with van der Waals surface area (Å²) in [5, 5.41) is 3.37. The number of halogens is 1. The number of nitrogens with zero attached hydrogens (tertiary/aromatic N) is 1. The molecule has 2 rings (SSSR count). The Morgan fingerprint density at radius 3 is 2.45 bits per heavy atom. The van der Waals surface area contributed by atoms with Crippen LogP contribution in [0.3, 0.4) is 0 Å². The van der Waals surface area contributed by atoms with Gasteiger partial charge in [0.05, 0.1) is 0 Å². The van der Waals surface area contributed by atoms with Crippen LogP contribution in [0.2, 0.25) is 0 Å². The Labute approximate surface area is 74.7 Å². The van der Waals surface area contributed by atoms with E-state index in [9.17, 15) is 0 Å².